The summed E-state index contributed by atoms with van der Waals surface area (Å²) in [5, 5.41) is 0.952. The summed E-state index contributed by atoms with van der Waals surface area (Å²) in [6.45, 7) is 7.22. The Labute approximate surface area is 303 Å². The zero-order valence-electron chi connectivity index (χ0n) is 26.3. The number of nitrogens with zero attached hydrogens (tertiary/aromatic N) is 2. The number of alkyl halides is 2. The summed E-state index contributed by atoms with van der Waals surface area (Å²) in [5.41, 5.74) is 2.72. The number of rotatable bonds is 14. The van der Waals surface area contributed by atoms with Crippen molar-refractivity contribution in [1.82, 2.24) is 0 Å². The van der Waals surface area contributed by atoms with Gasteiger partial charge in [-0.05, 0) is 100 Å². The highest BCUT2D eigenvalue weighted by Crippen LogP contribution is 2.34. The van der Waals surface area contributed by atoms with Crippen LogP contribution in [-0.2, 0) is 20.0 Å². The van der Waals surface area contributed by atoms with Crippen molar-refractivity contribution in [3.05, 3.63) is 118 Å². The molecule has 6 nitrogen and oxygen atoms in total. The van der Waals surface area contributed by atoms with E-state index in [9.17, 15) is 16.8 Å². The molecule has 4 rings (SSSR count). The number of hydrogen-bond donors (Lipinski definition) is 0. The minimum atomic E-state index is -3.98. The smallest absolute Gasteiger partial charge is 0.264 e. The van der Waals surface area contributed by atoms with E-state index in [0.717, 1.165) is 11.1 Å². The Morgan fingerprint density at radius 2 is 0.851 bits per heavy atom. The van der Waals surface area contributed by atoms with Crippen LogP contribution in [0.25, 0.3) is 0 Å². The molecule has 0 aromatic heterocycles. The molecule has 0 saturated heterocycles. The molecule has 0 bridgehead atoms. The van der Waals surface area contributed by atoms with E-state index >= 15 is 0 Å². The lowest BCUT2D eigenvalue weighted by atomic mass is 10.2. The van der Waals surface area contributed by atoms with Crippen LogP contribution >= 0.6 is 58.2 Å². The fourth-order valence-electron chi connectivity index (χ4n) is 4.69. The van der Waals surface area contributed by atoms with Crippen LogP contribution in [-0.4, -0.2) is 51.2 Å². The van der Waals surface area contributed by atoms with Crippen LogP contribution in [0.5, 0.6) is 0 Å². The maximum Gasteiger partial charge on any atom is 0.264 e. The highest BCUT2D eigenvalue weighted by Gasteiger charge is 2.36. The van der Waals surface area contributed by atoms with Gasteiger partial charge in [0.2, 0.25) is 0 Å². The molecule has 0 fully saturated rings. The number of hydrogen-bond acceptors (Lipinski definition) is 5. The maximum absolute atomic E-state index is 13.9. The molecule has 0 heterocycles. The Morgan fingerprint density at radius 1 is 0.553 bits per heavy atom. The third kappa shape index (κ3) is 9.97. The molecule has 47 heavy (non-hydrogen) atoms. The highest BCUT2D eigenvalue weighted by atomic mass is 35.5. The summed E-state index contributed by atoms with van der Waals surface area (Å²) >= 11 is 27.7. The molecular formula is C34H36Cl4N2O4S3. The Hall–Kier alpha value is -2.11. The van der Waals surface area contributed by atoms with E-state index in [2.05, 4.69) is 0 Å². The van der Waals surface area contributed by atoms with Crippen LogP contribution in [0.4, 0.5) is 11.4 Å². The van der Waals surface area contributed by atoms with Gasteiger partial charge < -0.3 is 0 Å². The van der Waals surface area contributed by atoms with Gasteiger partial charge in [0.1, 0.15) is 0 Å². The average molecular weight is 775 g/mol. The SMILES string of the molecule is Cc1ccc(S(=O)(=O)N(C[C@](C)(Cl)CSC[C@@](C)(Cl)CN(c2ccc(Cl)cc2)S(=O)(=O)c2ccc(C)cc2)c2ccc(Cl)cc2)cc1. The number of halogens is 4. The lowest BCUT2D eigenvalue weighted by Gasteiger charge is -2.34. The number of sulfonamides is 2. The predicted octanol–water partition coefficient (Wildman–Crippen LogP) is 9.43. The molecule has 0 aliphatic heterocycles. The summed E-state index contributed by atoms with van der Waals surface area (Å²) < 4.78 is 58.1. The van der Waals surface area contributed by atoms with Crippen molar-refractivity contribution < 1.29 is 16.8 Å². The lowest BCUT2D eigenvalue weighted by molar-refractivity contribution is 0.583. The van der Waals surface area contributed by atoms with Crippen molar-refractivity contribution >= 4 is 89.6 Å². The first-order chi connectivity index (χ1) is 21.9. The van der Waals surface area contributed by atoms with Crippen molar-refractivity contribution in [3.63, 3.8) is 0 Å². The van der Waals surface area contributed by atoms with Crippen LogP contribution in [0, 0.1) is 13.8 Å². The van der Waals surface area contributed by atoms with Crippen LogP contribution in [0.3, 0.4) is 0 Å². The zero-order chi connectivity index (χ0) is 34.6. The molecule has 0 unspecified atom stereocenters. The van der Waals surface area contributed by atoms with E-state index < -0.39 is 29.8 Å². The van der Waals surface area contributed by atoms with Gasteiger partial charge in [-0.3, -0.25) is 8.61 Å². The molecule has 0 amide bonds. The largest absolute Gasteiger partial charge is 0.265 e. The van der Waals surface area contributed by atoms with Gasteiger partial charge in [-0.15, -0.1) is 23.2 Å². The highest BCUT2D eigenvalue weighted by molar-refractivity contribution is 7.99. The molecule has 0 saturated carbocycles. The van der Waals surface area contributed by atoms with Gasteiger partial charge in [-0.1, -0.05) is 58.6 Å². The van der Waals surface area contributed by atoms with Crippen LogP contribution < -0.4 is 8.61 Å². The molecule has 0 N–H and O–H groups in total. The van der Waals surface area contributed by atoms with E-state index in [0.29, 0.717) is 32.9 Å². The summed E-state index contributed by atoms with van der Waals surface area (Å²) in [5.74, 6) is 0.631. The van der Waals surface area contributed by atoms with Crippen molar-refractivity contribution in [1.29, 1.82) is 0 Å². The second-order valence-electron chi connectivity index (χ2n) is 11.9. The minimum absolute atomic E-state index is 0.0445. The van der Waals surface area contributed by atoms with Gasteiger partial charge in [0.05, 0.1) is 44.0 Å². The number of aryl methyl sites for hydroxylation is 2. The monoisotopic (exact) mass is 772 g/mol. The van der Waals surface area contributed by atoms with Crippen LogP contribution in [0.15, 0.2) is 107 Å². The summed E-state index contributed by atoms with van der Waals surface area (Å²) in [7, 11) is -7.96. The molecule has 0 aliphatic carbocycles. The molecule has 13 heteroatoms. The third-order valence-corrected chi connectivity index (χ3v) is 13.8. The minimum Gasteiger partial charge on any atom is -0.265 e. The van der Waals surface area contributed by atoms with E-state index in [1.165, 1.54) is 20.4 Å². The maximum atomic E-state index is 13.9. The molecule has 0 radical (unpaired) electrons. The van der Waals surface area contributed by atoms with Gasteiger partial charge in [-0.2, -0.15) is 11.8 Å². The van der Waals surface area contributed by atoms with Crippen LogP contribution in [0.1, 0.15) is 25.0 Å². The van der Waals surface area contributed by atoms with Gasteiger partial charge in [-0.25, -0.2) is 16.8 Å². The first-order valence-electron chi connectivity index (χ1n) is 14.6. The Morgan fingerprint density at radius 3 is 1.15 bits per heavy atom. The van der Waals surface area contributed by atoms with E-state index in [1.54, 1.807) is 111 Å². The Bertz CT molecular complexity index is 1730. The van der Waals surface area contributed by atoms with Gasteiger partial charge in [0, 0.05) is 21.6 Å². The first kappa shape index (κ1) is 37.7. The quantitative estimate of drug-likeness (QED) is 0.119. The van der Waals surface area contributed by atoms with Crippen molar-refractivity contribution in [3.8, 4) is 0 Å². The Balaban J connectivity index is 1.53. The molecule has 4 aromatic rings. The molecule has 2 atom stereocenters. The fourth-order valence-corrected chi connectivity index (χ4v) is 10.1. The van der Waals surface area contributed by atoms with E-state index in [4.69, 9.17) is 46.4 Å². The summed E-state index contributed by atoms with van der Waals surface area (Å²) in [6.07, 6.45) is 0. The lowest BCUT2D eigenvalue weighted by Crippen LogP contribution is -2.44. The van der Waals surface area contributed by atoms with Crippen molar-refractivity contribution in [2.75, 3.05) is 33.2 Å². The normalized spacial score (nSPS) is 14.6. The average Bonchev–Trinajstić information content (AvgIpc) is 3.00. The third-order valence-electron chi connectivity index (χ3n) is 7.20. The van der Waals surface area contributed by atoms with Gasteiger partial charge in [0.15, 0.2) is 0 Å². The Kier molecular flexibility index (Phi) is 12.2. The zero-order valence-corrected chi connectivity index (χ0v) is 31.8. The first-order valence-corrected chi connectivity index (χ1v) is 20.1. The number of anilines is 2. The molecule has 0 aliphatic rings. The second kappa shape index (κ2) is 15.2. The second-order valence-corrected chi connectivity index (χ2v) is 19.3. The number of thioether (sulfide) groups is 1. The van der Waals surface area contributed by atoms with E-state index in [-0.39, 0.29) is 22.9 Å². The van der Waals surface area contributed by atoms with Crippen LogP contribution in [0.2, 0.25) is 10.0 Å². The van der Waals surface area contributed by atoms with Gasteiger partial charge >= 0.3 is 0 Å². The number of benzene rings is 4. The molecule has 4 aromatic carbocycles. The molecule has 0 spiro atoms. The van der Waals surface area contributed by atoms with Crippen molar-refractivity contribution in [2.24, 2.45) is 0 Å². The topological polar surface area (TPSA) is 74.8 Å². The standard InChI is InChI=1S/C34H36Cl4N2O4S3/c1-25-5-17-31(18-6-25)46(41,42)39(29-13-9-27(35)10-14-29)21-33(3,37)23-45-24-34(4,38)22-40(30-15-11-28(36)12-16-30)47(43,44)32-19-7-26(2)8-20-32/h5-20H,21-24H2,1-4H3/t33-,34-/m0/s1. The van der Waals surface area contributed by atoms with Gasteiger partial charge in [0.25, 0.3) is 20.0 Å². The molecule has 252 valence electrons. The summed E-state index contributed by atoms with van der Waals surface area (Å²) in [6, 6.07) is 26.4. The van der Waals surface area contributed by atoms with Crippen molar-refractivity contribution in [2.45, 2.75) is 47.2 Å². The molecular weight excluding hydrogens is 738 g/mol. The predicted molar refractivity (Wildman–Crippen MR) is 200 cm³/mol. The van der Waals surface area contributed by atoms with E-state index in [1.807, 2.05) is 13.8 Å². The fraction of sp³-hybridized carbons (Fsp3) is 0.294. The summed E-state index contributed by atoms with van der Waals surface area (Å²) in [4.78, 5) is -1.77.